The van der Waals surface area contributed by atoms with Gasteiger partial charge in [-0.2, -0.15) is 0 Å². The molecule has 70 heavy (non-hydrogen) atoms. The van der Waals surface area contributed by atoms with Crippen LogP contribution < -0.4 is 28.4 Å². The average Bonchev–Trinajstić information content (AvgIpc) is 3.38. The van der Waals surface area contributed by atoms with Crippen LogP contribution in [0.4, 0.5) is 0 Å². The van der Waals surface area contributed by atoms with Gasteiger partial charge in [0.05, 0.1) is 52.3 Å². The highest BCUT2D eigenvalue weighted by Gasteiger charge is 2.30. The van der Waals surface area contributed by atoms with Crippen LogP contribution in [0.2, 0.25) is 0 Å². The van der Waals surface area contributed by atoms with Gasteiger partial charge >= 0.3 is 5.97 Å². The van der Waals surface area contributed by atoms with Crippen molar-refractivity contribution in [2.75, 3.05) is 46.8 Å². The highest BCUT2D eigenvalue weighted by Crippen LogP contribution is 2.47. The summed E-state index contributed by atoms with van der Waals surface area (Å²) in [6.45, 7) is 11.9. The van der Waals surface area contributed by atoms with Gasteiger partial charge in [-0.15, -0.1) is 0 Å². The number of benzene rings is 6. The highest BCUT2D eigenvalue weighted by atomic mass is 16.5. The predicted octanol–water partition coefficient (Wildman–Crippen LogP) is 15.0. The zero-order chi connectivity index (χ0) is 49.2. The molecule has 10 heteroatoms. The Hall–Kier alpha value is -6.29. The SMILES string of the molecule is CCCCCOc1cc2c3cc(OC)c(OCCCCCCOC(=O)c4ccc5c(c4)C(=O)c4ccccc4C5=O)cc3c3cc(OCCCCC)c(OCCCCC)cc3c2cc1OCCCCC. The monoisotopic (exact) mass is 953 g/mol. The minimum Gasteiger partial charge on any atom is -0.493 e. The van der Waals surface area contributed by atoms with Gasteiger partial charge in [0.1, 0.15) is 0 Å². The molecule has 372 valence electrons. The Balaban J connectivity index is 1.10. The number of fused-ring (bicyclic) bond motifs is 8. The van der Waals surface area contributed by atoms with Gasteiger partial charge in [-0.3, -0.25) is 9.59 Å². The van der Waals surface area contributed by atoms with E-state index in [1.54, 1.807) is 43.5 Å². The Kier molecular flexibility index (Phi) is 19.2. The van der Waals surface area contributed by atoms with Gasteiger partial charge in [0, 0.05) is 22.3 Å². The second kappa shape index (κ2) is 26.1. The Morgan fingerprint density at radius 3 is 1.09 bits per heavy atom. The number of rotatable bonds is 30. The van der Waals surface area contributed by atoms with E-state index in [-0.39, 0.29) is 29.3 Å². The molecular formula is C60H72O10. The molecule has 0 bridgehead atoms. The van der Waals surface area contributed by atoms with Gasteiger partial charge in [0.25, 0.3) is 0 Å². The molecular weight excluding hydrogens is 881 g/mol. The van der Waals surface area contributed by atoms with Gasteiger partial charge in [-0.05, 0) is 138 Å². The van der Waals surface area contributed by atoms with Crippen LogP contribution in [-0.2, 0) is 4.74 Å². The summed E-state index contributed by atoms with van der Waals surface area (Å²) < 4.78 is 44.3. The molecule has 7 rings (SSSR count). The Bertz CT molecular complexity index is 2740. The van der Waals surface area contributed by atoms with E-state index in [4.69, 9.17) is 33.2 Å². The van der Waals surface area contributed by atoms with Crippen molar-refractivity contribution < 1.29 is 47.5 Å². The molecule has 6 aromatic rings. The number of ether oxygens (including phenoxy) is 7. The van der Waals surface area contributed by atoms with Crippen molar-refractivity contribution in [3.05, 3.63) is 107 Å². The van der Waals surface area contributed by atoms with Gasteiger partial charge in [0.15, 0.2) is 46.1 Å². The van der Waals surface area contributed by atoms with Crippen molar-refractivity contribution >= 4 is 49.9 Å². The topological polar surface area (TPSA) is 116 Å². The zero-order valence-corrected chi connectivity index (χ0v) is 42.1. The first-order chi connectivity index (χ1) is 34.3. The number of carbonyl (C=O) groups is 3. The fourth-order valence-electron chi connectivity index (χ4n) is 9.09. The standard InChI is InChI=1S/C60H72O10/c1-6-10-18-28-66-54-37-47-45-35-52(64-5)53(65-32-22-14-15-23-33-70-60(63)41-26-27-44-51(34-41)59(62)43-25-17-16-24-42(43)58(44)61)36-46(45)48-38-55(67-29-19-11-7-2)57(69-31-21-13-9-4)40-50(48)49(47)39-56(54)68-30-20-12-8-3/h16-17,24-27,34-40H,6-15,18-23,28-33H2,1-5H3. The summed E-state index contributed by atoms with van der Waals surface area (Å²) in [5.74, 6) is 3.22. The molecule has 0 amide bonds. The maximum Gasteiger partial charge on any atom is 0.338 e. The summed E-state index contributed by atoms with van der Waals surface area (Å²) in [4.78, 5) is 39.2. The van der Waals surface area contributed by atoms with Crippen LogP contribution in [-0.4, -0.2) is 64.3 Å². The Morgan fingerprint density at radius 2 is 0.700 bits per heavy atom. The first kappa shape index (κ1) is 51.6. The fourth-order valence-corrected chi connectivity index (χ4v) is 9.09. The second-order valence-electron chi connectivity index (χ2n) is 18.3. The number of unbranched alkanes of at least 4 members (excludes halogenated alkanes) is 11. The molecule has 0 spiro atoms. The van der Waals surface area contributed by atoms with E-state index < -0.39 is 5.97 Å². The highest BCUT2D eigenvalue weighted by molar-refractivity contribution is 6.29. The van der Waals surface area contributed by atoms with E-state index in [2.05, 4.69) is 64.1 Å². The molecule has 0 saturated heterocycles. The van der Waals surface area contributed by atoms with Crippen molar-refractivity contribution in [2.45, 2.75) is 130 Å². The van der Waals surface area contributed by atoms with E-state index in [1.807, 2.05) is 0 Å². The van der Waals surface area contributed by atoms with Gasteiger partial charge in [0.2, 0.25) is 0 Å². The molecule has 0 heterocycles. The third-order valence-electron chi connectivity index (χ3n) is 13.1. The van der Waals surface area contributed by atoms with Crippen molar-refractivity contribution in [1.29, 1.82) is 0 Å². The second-order valence-corrected chi connectivity index (χ2v) is 18.3. The number of esters is 1. The molecule has 0 aliphatic heterocycles. The Labute approximate surface area is 414 Å². The zero-order valence-electron chi connectivity index (χ0n) is 42.1. The maximum absolute atomic E-state index is 13.2. The molecule has 0 aromatic heterocycles. The van der Waals surface area contributed by atoms with Crippen LogP contribution in [0.25, 0.3) is 32.3 Å². The van der Waals surface area contributed by atoms with Crippen molar-refractivity contribution in [2.24, 2.45) is 0 Å². The molecule has 0 fully saturated rings. The molecule has 10 nitrogen and oxygen atoms in total. The van der Waals surface area contributed by atoms with E-state index in [1.165, 1.54) is 6.07 Å². The quantitative estimate of drug-likeness (QED) is 0.0245. The van der Waals surface area contributed by atoms with Crippen LogP contribution in [0.15, 0.2) is 78.9 Å². The summed E-state index contributed by atoms with van der Waals surface area (Å²) in [5.41, 5.74) is 1.50. The summed E-state index contributed by atoms with van der Waals surface area (Å²) in [7, 11) is 1.67. The fraction of sp³-hybridized carbons (Fsp3) is 0.450. The number of hydrogen-bond donors (Lipinski definition) is 0. The van der Waals surface area contributed by atoms with Crippen molar-refractivity contribution in [3.63, 3.8) is 0 Å². The third kappa shape index (κ3) is 12.5. The van der Waals surface area contributed by atoms with Gasteiger partial charge < -0.3 is 33.2 Å². The molecule has 0 unspecified atom stereocenters. The lowest BCUT2D eigenvalue weighted by atomic mass is 9.83. The van der Waals surface area contributed by atoms with E-state index >= 15 is 0 Å². The lowest BCUT2D eigenvalue weighted by molar-refractivity contribution is 0.0497. The van der Waals surface area contributed by atoms with E-state index in [0.29, 0.717) is 67.6 Å². The third-order valence-corrected chi connectivity index (χ3v) is 13.1. The summed E-state index contributed by atoms with van der Waals surface area (Å²) >= 11 is 0. The maximum atomic E-state index is 13.2. The van der Waals surface area contributed by atoms with Crippen molar-refractivity contribution in [1.82, 2.24) is 0 Å². The number of hydrogen-bond acceptors (Lipinski definition) is 10. The first-order valence-corrected chi connectivity index (χ1v) is 26.0. The predicted molar refractivity (Wildman–Crippen MR) is 280 cm³/mol. The minimum absolute atomic E-state index is 0.222. The van der Waals surface area contributed by atoms with Crippen LogP contribution in [0.1, 0.15) is 173 Å². The molecule has 6 aromatic carbocycles. The molecule has 1 aliphatic rings. The van der Waals surface area contributed by atoms with Crippen LogP contribution >= 0.6 is 0 Å². The van der Waals surface area contributed by atoms with Crippen LogP contribution in [0, 0.1) is 0 Å². The molecule has 0 atom stereocenters. The number of carbonyl (C=O) groups excluding carboxylic acids is 3. The number of methoxy groups -OCH3 is 1. The van der Waals surface area contributed by atoms with E-state index in [9.17, 15) is 14.4 Å². The lowest BCUT2D eigenvalue weighted by Crippen LogP contribution is -2.21. The molecule has 0 N–H and O–H groups in total. The molecule has 0 saturated carbocycles. The summed E-state index contributed by atoms with van der Waals surface area (Å²) in [5, 5.41) is 6.12. The smallest absolute Gasteiger partial charge is 0.338 e. The summed E-state index contributed by atoms with van der Waals surface area (Å²) in [6, 6.07) is 24.1. The first-order valence-electron chi connectivity index (χ1n) is 26.0. The van der Waals surface area contributed by atoms with Crippen LogP contribution in [0.3, 0.4) is 0 Å². The largest absolute Gasteiger partial charge is 0.493 e. The molecule has 0 radical (unpaired) electrons. The number of ketones is 2. The van der Waals surface area contributed by atoms with Gasteiger partial charge in [-0.25, -0.2) is 4.79 Å². The Morgan fingerprint density at radius 1 is 0.371 bits per heavy atom. The minimum atomic E-state index is -0.522. The van der Waals surface area contributed by atoms with Crippen LogP contribution in [0.5, 0.6) is 34.5 Å². The van der Waals surface area contributed by atoms with Gasteiger partial charge in [-0.1, -0.05) is 103 Å². The molecule has 1 aliphatic carbocycles. The normalized spacial score (nSPS) is 12.0. The van der Waals surface area contributed by atoms with E-state index in [0.717, 1.165) is 152 Å². The van der Waals surface area contributed by atoms with Crippen molar-refractivity contribution in [3.8, 4) is 34.5 Å². The lowest BCUT2D eigenvalue weighted by Gasteiger charge is -2.20. The average molecular weight is 953 g/mol. The summed E-state index contributed by atoms with van der Waals surface area (Å²) in [6.07, 6.45) is 15.8.